The summed E-state index contributed by atoms with van der Waals surface area (Å²) in [5.74, 6) is -2.32. The molecule has 0 saturated carbocycles. The predicted molar refractivity (Wildman–Crippen MR) is 129 cm³/mol. The molecule has 0 aromatic heterocycles. The summed E-state index contributed by atoms with van der Waals surface area (Å²) in [6.07, 6.45) is 0. The zero-order valence-electron chi connectivity index (χ0n) is 20.2. The average molecular weight is 483 g/mol. The van der Waals surface area contributed by atoms with E-state index in [1.807, 2.05) is 38.1 Å². The lowest BCUT2D eigenvalue weighted by Gasteiger charge is -2.36. The van der Waals surface area contributed by atoms with Gasteiger partial charge in [0.05, 0.1) is 19.1 Å². The molecular formula is C26H31FN4O4. The summed E-state index contributed by atoms with van der Waals surface area (Å²) >= 11 is 0. The largest absolute Gasteiger partial charge is 0.469 e. The van der Waals surface area contributed by atoms with Gasteiger partial charge < -0.3 is 25.2 Å². The van der Waals surface area contributed by atoms with E-state index in [1.165, 1.54) is 36.3 Å². The number of ether oxygens (including phenoxy) is 1. The van der Waals surface area contributed by atoms with Crippen molar-refractivity contribution in [3.63, 3.8) is 0 Å². The molecule has 2 N–H and O–H groups in total. The van der Waals surface area contributed by atoms with Crippen LogP contribution in [0.2, 0.25) is 0 Å². The molecule has 2 aliphatic heterocycles. The molecule has 9 heteroatoms. The summed E-state index contributed by atoms with van der Waals surface area (Å²) in [4.78, 5) is 43.8. The minimum atomic E-state index is -0.872. The first-order valence-electron chi connectivity index (χ1n) is 11.8. The number of urea groups is 1. The molecule has 186 valence electrons. The maximum atomic E-state index is 13.8. The Kier molecular flexibility index (Phi) is 7.35. The number of nitrogens with one attached hydrogen (secondary N) is 2. The summed E-state index contributed by atoms with van der Waals surface area (Å²) in [7, 11) is 1.32. The van der Waals surface area contributed by atoms with Gasteiger partial charge in [0.25, 0.3) is 0 Å². The quantitative estimate of drug-likeness (QED) is 0.654. The zero-order valence-corrected chi connectivity index (χ0v) is 20.2. The van der Waals surface area contributed by atoms with Crippen LogP contribution in [0.15, 0.2) is 48.5 Å². The Bertz CT molecular complexity index is 1090. The van der Waals surface area contributed by atoms with Crippen molar-refractivity contribution in [1.29, 1.82) is 0 Å². The lowest BCUT2D eigenvalue weighted by atomic mass is 9.85. The molecule has 8 nitrogen and oxygen atoms in total. The molecule has 0 aliphatic carbocycles. The smallest absolute Gasteiger partial charge is 0.323 e. The van der Waals surface area contributed by atoms with Crippen molar-refractivity contribution in [3.05, 3.63) is 65.5 Å². The Morgan fingerprint density at radius 3 is 2.40 bits per heavy atom. The SMILES string of the molecule is COC(=O)C1C(C)C(C(=O)N2CCNCC2)N(C(=O)Nc2ccc(F)cc2)C1c1cccc(C)c1. The highest BCUT2D eigenvalue weighted by Gasteiger charge is 2.56. The van der Waals surface area contributed by atoms with E-state index in [9.17, 15) is 18.8 Å². The third-order valence-electron chi connectivity index (χ3n) is 6.87. The van der Waals surface area contributed by atoms with Crippen molar-refractivity contribution in [2.75, 3.05) is 38.6 Å². The third kappa shape index (κ3) is 5.00. The fourth-order valence-corrected chi connectivity index (χ4v) is 5.18. The summed E-state index contributed by atoms with van der Waals surface area (Å²) in [5.41, 5.74) is 2.11. The number of carbonyl (C=O) groups excluding carboxylic acids is 3. The van der Waals surface area contributed by atoms with Gasteiger partial charge in [-0.1, -0.05) is 36.8 Å². The van der Waals surface area contributed by atoms with E-state index in [2.05, 4.69) is 10.6 Å². The van der Waals surface area contributed by atoms with Crippen molar-refractivity contribution in [2.24, 2.45) is 11.8 Å². The summed E-state index contributed by atoms with van der Waals surface area (Å²) in [6.45, 7) is 6.12. The van der Waals surface area contributed by atoms with Crippen LogP contribution in [0.25, 0.3) is 0 Å². The number of hydrogen-bond acceptors (Lipinski definition) is 5. The van der Waals surface area contributed by atoms with E-state index < -0.39 is 41.7 Å². The monoisotopic (exact) mass is 482 g/mol. The number of amides is 3. The van der Waals surface area contributed by atoms with Crippen LogP contribution in [0.4, 0.5) is 14.9 Å². The summed E-state index contributed by atoms with van der Waals surface area (Å²) in [5, 5.41) is 6.02. The number of carbonyl (C=O) groups is 3. The maximum Gasteiger partial charge on any atom is 0.323 e. The molecule has 3 amide bonds. The van der Waals surface area contributed by atoms with Gasteiger partial charge in [-0.15, -0.1) is 0 Å². The maximum absolute atomic E-state index is 13.8. The van der Waals surface area contributed by atoms with Gasteiger partial charge in [0.1, 0.15) is 11.9 Å². The highest BCUT2D eigenvalue weighted by molar-refractivity contribution is 5.96. The lowest BCUT2D eigenvalue weighted by molar-refractivity contribution is -0.147. The second kappa shape index (κ2) is 10.4. The fourth-order valence-electron chi connectivity index (χ4n) is 5.18. The number of anilines is 1. The van der Waals surface area contributed by atoms with Gasteiger partial charge in [-0.05, 0) is 36.8 Å². The van der Waals surface area contributed by atoms with Crippen molar-refractivity contribution >= 4 is 23.6 Å². The Labute approximate surface area is 204 Å². The molecule has 2 aliphatic rings. The molecule has 2 saturated heterocycles. The Hall–Kier alpha value is -3.46. The Morgan fingerprint density at radius 2 is 1.77 bits per heavy atom. The van der Waals surface area contributed by atoms with Gasteiger partial charge in [-0.25, -0.2) is 9.18 Å². The second-order valence-corrected chi connectivity index (χ2v) is 9.13. The van der Waals surface area contributed by atoms with Crippen molar-refractivity contribution in [1.82, 2.24) is 15.1 Å². The van der Waals surface area contributed by atoms with E-state index >= 15 is 0 Å². The van der Waals surface area contributed by atoms with Crippen LogP contribution in [-0.4, -0.2) is 67.0 Å². The number of piperazine rings is 1. The standard InChI is InChI=1S/C26H31FN4O4/c1-16-5-4-6-18(15-16)23-21(25(33)35-3)17(2)22(24(32)30-13-11-28-12-14-30)31(23)26(34)29-20-9-7-19(27)8-10-20/h4-10,15,17,21-23,28H,11-14H2,1-3H3,(H,29,34). The van der Waals surface area contributed by atoms with Crippen LogP contribution in [-0.2, 0) is 14.3 Å². The molecule has 0 spiro atoms. The first-order chi connectivity index (χ1) is 16.8. The highest BCUT2D eigenvalue weighted by Crippen LogP contribution is 2.46. The number of aryl methyl sites for hydroxylation is 1. The molecule has 4 unspecified atom stereocenters. The van der Waals surface area contributed by atoms with E-state index in [-0.39, 0.29) is 5.91 Å². The Morgan fingerprint density at radius 1 is 1.09 bits per heavy atom. The summed E-state index contributed by atoms with van der Waals surface area (Å²) in [6, 6.07) is 10.9. The average Bonchev–Trinajstić information content (AvgIpc) is 3.18. The first kappa shape index (κ1) is 24.7. The van der Waals surface area contributed by atoms with E-state index in [0.29, 0.717) is 31.9 Å². The molecule has 35 heavy (non-hydrogen) atoms. The molecule has 2 fully saturated rings. The van der Waals surface area contributed by atoms with E-state index in [1.54, 1.807) is 4.90 Å². The second-order valence-electron chi connectivity index (χ2n) is 9.13. The molecule has 0 bridgehead atoms. The molecule has 2 aromatic rings. The number of likely N-dealkylation sites (tertiary alicyclic amines) is 1. The normalized spacial score (nSPS) is 24.2. The van der Waals surface area contributed by atoms with Gasteiger partial charge in [0.15, 0.2) is 0 Å². The number of nitrogens with zero attached hydrogens (tertiary/aromatic N) is 2. The van der Waals surface area contributed by atoms with Crippen LogP contribution in [0.1, 0.15) is 24.1 Å². The van der Waals surface area contributed by atoms with Crippen LogP contribution in [0.3, 0.4) is 0 Å². The number of hydrogen-bond donors (Lipinski definition) is 2. The fraction of sp³-hybridized carbons (Fsp3) is 0.423. The van der Waals surface area contributed by atoms with Crippen molar-refractivity contribution in [3.8, 4) is 0 Å². The van der Waals surface area contributed by atoms with Gasteiger partial charge in [0.2, 0.25) is 5.91 Å². The minimum Gasteiger partial charge on any atom is -0.469 e. The summed E-state index contributed by atoms with van der Waals surface area (Å²) < 4.78 is 18.6. The number of halogens is 1. The van der Waals surface area contributed by atoms with E-state index in [4.69, 9.17) is 4.74 Å². The van der Waals surface area contributed by atoms with Crippen LogP contribution >= 0.6 is 0 Å². The topological polar surface area (TPSA) is 91.0 Å². The van der Waals surface area contributed by atoms with Crippen molar-refractivity contribution in [2.45, 2.75) is 25.9 Å². The first-order valence-corrected chi connectivity index (χ1v) is 11.8. The van der Waals surface area contributed by atoms with Gasteiger partial charge in [0, 0.05) is 37.8 Å². The Balaban J connectivity index is 1.78. The molecule has 4 rings (SSSR count). The molecule has 0 radical (unpaired) electrons. The predicted octanol–water partition coefficient (Wildman–Crippen LogP) is 2.95. The van der Waals surface area contributed by atoms with Crippen LogP contribution < -0.4 is 10.6 Å². The number of rotatable bonds is 4. The lowest BCUT2D eigenvalue weighted by Crippen LogP contribution is -2.55. The highest BCUT2D eigenvalue weighted by atomic mass is 19.1. The molecular weight excluding hydrogens is 451 g/mol. The van der Waals surface area contributed by atoms with Gasteiger partial charge in [-0.3, -0.25) is 9.59 Å². The third-order valence-corrected chi connectivity index (χ3v) is 6.87. The number of methoxy groups -OCH3 is 1. The number of benzene rings is 2. The van der Waals surface area contributed by atoms with Crippen LogP contribution in [0.5, 0.6) is 0 Å². The van der Waals surface area contributed by atoms with Gasteiger partial charge in [-0.2, -0.15) is 0 Å². The van der Waals surface area contributed by atoms with Crippen molar-refractivity contribution < 1.29 is 23.5 Å². The zero-order chi connectivity index (χ0) is 25.1. The minimum absolute atomic E-state index is 0.197. The molecule has 2 aromatic carbocycles. The van der Waals surface area contributed by atoms with Crippen LogP contribution in [0, 0.1) is 24.6 Å². The molecule has 2 heterocycles. The van der Waals surface area contributed by atoms with Gasteiger partial charge >= 0.3 is 12.0 Å². The number of esters is 1. The van der Waals surface area contributed by atoms with E-state index in [0.717, 1.165) is 11.1 Å². The molecule has 4 atom stereocenters.